The standard InChI is InChI=1S/C14H28NO8P/c1-3-4-5-6-7-14(17)20-10-13(23-12(2)16)11-22-24(18,19)21-9-8-15/h13H,3-11,15H2,1-2H3,(H,18,19)/t13-/m1/s1. The van der Waals surface area contributed by atoms with Crippen molar-refractivity contribution in [2.24, 2.45) is 5.73 Å². The van der Waals surface area contributed by atoms with Gasteiger partial charge in [-0.25, -0.2) is 4.57 Å². The molecule has 0 bridgehead atoms. The average Bonchev–Trinajstić information content (AvgIpc) is 2.52. The minimum absolute atomic E-state index is 0.0525. The van der Waals surface area contributed by atoms with E-state index in [1.807, 2.05) is 0 Å². The van der Waals surface area contributed by atoms with Crippen LogP contribution in [0, 0.1) is 0 Å². The number of phosphoric ester groups is 1. The van der Waals surface area contributed by atoms with Gasteiger partial charge in [0.2, 0.25) is 0 Å². The Labute approximate surface area is 142 Å². The Morgan fingerprint density at radius 3 is 2.46 bits per heavy atom. The summed E-state index contributed by atoms with van der Waals surface area (Å²) in [5.41, 5.74) is 5.16. The molecule has 24 heavy (non-hydrogen) atoms. The number of carbonyl (C=O) groups is 2. The second kappa shape index (κ2) is 13.3. The molecule has 0 fully saturated rings. The Balaban J connectivity index is 4.24. The number of nitrogens with two attached hydrogens (primary N) is 1. The fourth-order valence-electron chi connectivity index (χ4n) is 1.69. The monoisotopic (exact) mass is 369 g/mol. The van der Waals surface area contributed by atoms with Crippen molar-refractivity contribution in [2.45, 2.75) is 52.1 Å². The van der Waals surface area contributed by atoms with Crippen LogP contribution in [-0.2, 0) is 32.7 Å². The van der Waals surface area contributed by atoms with Gasteiger partial charge in [0.15, 0.2) is 6.10 Å². The van der Waals surface area contributed by atoms with E-state index in [0.717, 1.165) is 25.7 Å². The van der Waals surface area contributed by atoms with E-state index in [-0.39, 0.29) is 26.2 Å². The number of hydrogen-bond donors (Lipinski definition) is 2. The molecule has 0 heterocycles. The first-order valence-corrected chi connectivity index (χ1v) is 9.45. The third-order valence-corrected chi connectivity index (χ3v) is 3.78. The summed E-state index contributed by atoms with van der Waals surface area (Å²) < 4.78 is 30.7. The summed E-state index contributed by atoms with van der Waals surface area (Å²) in [6.45, 7) is 2.43. The van der Waals surface area contributed by atoms with E-state index in [9.17, 15) is 19.0 Å². The van der Waals surface area contributed by atoms with Crippen molar-refractivity contribution in [3.63, 3.8) is 0 Å². The minimum Gasteiger partial charge on any atom is -0.462 e. The molecule has 0 saturated heterocycles. The van der Waals surface area contributed by atoms with Crippen molar-refractivity contribution in [3.05, 3.63) is 0 Å². The van der Waals surface area contributed by atoms with Gasteiger partial charge in [0.1, 0.15) is 6.61 Å². The zero-order chi connectivity index (χ0) is 18.4. The van der Waals surface area contributed by atoms with Gasteiger partial charge in [0, 0.05) is 19.9 Å². The molecule has 0 aliphatic carbocycles. The summed E-state index contributed by atoms with van der Waals surface area (Å²) in [5, 5.41) is 0. The second-order valence-electron chi connectivity index (χ2n) is 5.11. The van der Waals surface area contributed by atoms with Gasteiger partial charge in [-0.15, -0.1) is 0 Å². The predicted octanol–water partition coefficient (Wildman–Crippen LogP) is 1.52. The fraction of sp³-hybridized carbons (Fsp3) is 0.857. The molecule has 3 N–H and O–H groups in total. The fourth-order valence-corrected chi connectivity index (χ4v) is 2.45. The third kappa shape index (κ3) is 13.4. The number of carbonyl (C=O) groups excluding carboxylic acids is 2. The zero-order valence-corrected chi connectivity index (χ0v) is 15.2. The molecule has 0 radical (unpaired) electrons. The summed E-state index contributed by atoms with van der Waals surface area (Å²) in [6, 6.07) is 0. The van der Waals surface area contributed by atoms with Crippen molar-refractivity contribution < 1.29 is 37.6 Å². The summed E-state index contributed by atoms with van der Waals surface area (Å²) >= 11 is 0. The Bertz CT molecular complexity index is 418. The Morgan fingerprint density at radius 1 is 1.17 bits per heavy atom. The molecule has 0 aromatic heterocycles. The molecule has 0 saturated carbocycles. The van der Waals surface area contributed by atoms with Crippen LogP contribution < -0.4 is 5.73 Å². The first-order valence-electron chi connectivity index (χ1n) is 7.95. The lowest BCUT2D eigenvalue weighted by atomic mass is 10.2. The van der Waals surface area contributed by atoms with Crippen molar-refractivity contribution in [1.82, 2.24) is 0 Å². The Hall–Kier alpha value is -0.990. The van der Waals surface area contributed by atoms with E-state index in [2.05, 4.69) is 11.4 Å². The van der Waals surface area contributed by atoms with Crippen LogP contribution in [0.25, 0.3) is 0 Å². The average molecular weight is 369 g/mol. The lowest BCUT2D eigenvalue weighted by Crippen LogP contribution is -2.28. The van der Waals surface area contributed by atoms with E-state index < -0.39 is 32.5 Å². The third-order valence-electron chi connectivity index (χ3n) is 2.79. The highest BCUT2D eigenvalue weighted by molar-refractivity contribution is 7.47. The molecule has 0 rings (SSSR count). The van der Waals surface area contributed by atoms with Crippen LogP contribution in [-0.4, -0.2) is 49.3 Å². The van der Waals surface area contributed by atoms with Gasteiger partial charge < -0.3 is 20.1 Å². The van der Waals surface area contributed by atoms with Gasteiger partial charge in [-0.05, 0) is 6.42 Å². The van der Waals surface area contributed by atoms with E-state index in [1.54, 1.807) is 0 Å². The van der Waals surface area contributed by atoms with E-state index in [4.69, 9.17) is 19.7 Å². The van der Waals surface area contributed by atoms with E-state index >= 15 is 0 Å². The highest BCUT2D eigenvalue weighted by Gasteiger charge is 2.25. The van der Waals surface area contributed by atoms with E-state index in [0.29, 0.717) is 0 Å². The molecule has 0 aliphatic rings. The molecule has 1 unspecified atom stereocenters. The smallest absolute Gasteiger partial charge is 0.462 e. The Kier molecular flexibility index (Phi) is 12.8. The molecule has 2 atom stereocenters. The maximum atomic E-state index is 11.6. The summed E-state index contributed by atoms with van der Waals surface area (Å²) in [4.78, 5) is 32.0. The van der Waals surface area contributed by atoms with Crippen LogP contribution in [0.4, 0.5) is 0 Å². The number of phosphoric acid groups is 1. The van der Waals surface area contributed by atoms with Crippen molar-refractivity contribution in [2.75, 3.05) is 26.4 Å². The molecular weight excluding hydrogens is 341 g/mol. The number of ether oxygens (including phenoxy) is 2. The Morgan fingerprint density at radius 2 is 1.88 bits per heavy atom. The van der Waals surface area contributed by atoms with Gasteiger partial charge in [-0.2, -0.15) is 0 Å². The van der Waals surface area contributed by atoms with Gasteiger partial charge in [0.05, 0.1) is 13.2 Å². The van der Waals surface area contributed by atoms with Crippen LogP contribution in [0.2, 0.25) is 0 Å². The number of hydrogen-bond acceptors (Lipinski definition) is 8. The second-order valence-corrected chi connectivity index (χ2v) is 6.56. The topological polar surface area (TPSA) is 134 Å². The molecule has 0 aromatic rings. The van der Waals surface area contributed by atoms with Crippen LogP contribution in [0.5, 0.6) is 0 Å². The summed E-state index contributed by atoms with van der Waals surface area (Å²) in [7, 11) is -4.29. The minimum atomic E-state index is -4.29. The molecular formula is C14H28NO8P. The lowest BCUT2D eigenvalue weighted by Gasteiger charge is -2.19. The maximum absolute atomic E-state index is 11.6. The summed E-state index contributed by atoms with van der Waals surface area (Å²) in [6.07, 6.45) is 3.05. The largest absolute Gasteiger partial charge is 0.472 e. The van der Waals surface area contributed by atoms with Crippen LogP contribution >= 0.6 is 7.82 Å². The lowest BCUT2D eigenvalue weighted by molar-refractivity contribution is -0.159. The van der Waals surface area contributed by atoms with Crippen LogP contribution in [0.1, 0.15) is 46.0 Å². The molecule has 0 amide bonds. The zero-order valence-electron chi connectivity index (χ0n) is 14.3. The molecule has 0 aliphatic heterocycles. The first-order chi connectivity index (χ1) is 11.3. The van der Waals surface area contributed by atoms with Crippen molar-refractivity contribution in [3.8, 4) is 0 Å². The van der Waals surface area contributed by atoms with Gasteiger partial charge in [-0.3, -0.25) is 18.6 Å². The molecule has 0 spiro atoms. The molecule has 9 nitrogen and oxygen atoms in total. The van der Waals surface area contributed by atoms with Gasteiger partial charge in [-0.1, -0.05) is 26.2 Å². The maximum Gasteiger partial charge on any atom is 0.472 e. The first kappa shape index (κ1) is 23.0. The van der Waals surface area contributed by atoms with E-state index in [1.165, 1.54) is 6.92 Å². The highest BCUT2D eigenvalue weighted by Crippen LogP contribution is 2.42. The number of esters is 2. The summed E-state index contributed by atoms with van der Waals surface area (Å²) in [5.74, 6) is -1.05. The van der Waals surface area contributed by atoms with Crippen molar-refractivity contribution >= 4 is 19.8 Å². The van der Waals surface area contributed by atoms with Gasteiger partial charge in [0.25, 0.3) is 0 Å². The van der Waals surface area contributed by atoms with Crippen molar-refractivity contribution in [1.29, 1.82) is 0 Å². The molecule has 142 valence electrons. The quantitative estimate of drug-likeness (QED) is 0.265. The number of rotatable bonds is 14. The SMILES string of the molecule is CCCCCCC(=O)OC[C@H](COP(=O)(O)OCCN)OC(C)=O. The number of unbranched alkanes of at least 4 members (excludes halogenated alkanes) is 3. The molecule has 0 aromatic carbocycles. The van der Waals surface area contributed by atoms with Gasteiger partial charge >= 0.3 is 19.8 Å². The van der Waals surface area contributed by atoms with Crippen LogP contribution in [0.15, 0.2) is 0 Å². The predicted molar refractivity (Wildman–Crippen MR) is 86.1 cm³/mol. The van der Waals surface area contributed by atoms with Crippen LogP contribution in [0.3, 0.4) is 0 Å². The highest BCUT2D eigenvalue weighted by atomic mass is 31.2. The molecule has 10 heteroatoms. The normalized spacial score (nSPS) is 14.7.